The third-order valence-corrected chi connectivity index (χ3v) is 2.35. The minimum absolute atomic E-state index is 0.400. The molecule has 1 N–H and O–H groups in total. The third-order valence-electron chi connectivity index (χ3n) is 2.35. The van der Waals surface area contributed by atoms with Crippen LogP contribution < -0.4 is 14.8 Å². The highest BCUT2D eigenvalue weighted by atomic mass is 16.5. The van der Waals surface area contributed by atoms with Gasteiger partial charge in [-0.2, -0.15) is 9.97 Å². The maximum atomic E-state index is 5.28. The van der Waals surface area contributed by atoms with Crippen LogP contribution in [0.3, 0.4) is 0 Å². The molecule has 0 saturated heterocycles. The second kappa shape index (κ2) is 4.44. The first-order valence-electron chi connectivity index (χ1n) is 5.12. The molecule has 1 aromatic heterocycles. The lowest BCUT2D eigenvalue weighted by atomic mass is 10.1. The van der Waals surface area contributed by atoms with Crippen molar-refractivity contribution in [2.24, 2.45) is 0 Å². The topological polar surface area (TPSA) is 56.3 Å². The summed E-state index contributed by atoms with van der Waals surface area (Å²) in [7, 11) is 1.63. The molecule has 0 aromatic carbocycles. The first-order chi connectivity index (χ1) is 7.35. The number of hydrogen-bond acceptors (Lipinski definition) is 5. The maximum absolute atomic E-state index is 5.28. The number of nitrogens with zero attached hydrogens (tertiary/aromatic N) is 2. The van der Waals surface area contributed by atoms with E-state index in [1.165, 1.54) is 0 Å². The fourth-order valence-corrected chi connectivity index (χ4v) is 1.67. The van der Waals surface area contributed by atoms with E-state index >= 15 is 0 Å². The van der Waals surface area contributed by atoms with Gasteiger partial charge in [0.1, 0.15) is 0 Å². The van der Waals surface area contributed by atoms with Gasteiger partial charge in [0.25, 0.3) is 0 Å². The molecule has 5 heteroatoms. The predicted molar refractivity (Wildman–Crippen MR) is 55.2 cm³/mol. The molecule has 0 spiro atoms. The van der Waals surface area contributed by atoms with E-state index < -0.39 is 0 Å². The monoisotopic (exact) mass is 209 g/mol. The van der Waals surface area contributed by atoms with Crippen LogP contribution in [-0.2, 0) is 13.0 Å². The molecule has 0 unspecified atom stereocenters. The maximum Gasteiger partial charge on any atom is 0.319 e. The molecule has 0 aliphatic carbocycles. The number of nitrogens with one attached hydrogen (secondary N) is 1. The van der Waals surface area contributed by atoms with Crippen LogP contribution in [0.15, 0.2) is 0 Å². The highest BCUT2D eigenvalue weighted by molar-refractivity contribution is 5.34. The van der Waals surface area contributed by atoms with Crippen molar-refractivity contribution in [2.45, 2.75) is 19.9 Å². The highest BCUT2D eigenvalue weighted by Gasteiger charge is 2.18. The lowest BCUT2D eigenvalue weighted by Gasteiger charge is -2.18. The van der Waals surface area contributed by atoms with E-state index in [2.05, 4.69) is 15.3 Å². The normalized spacial score (nSPS) is 14.5. The second-order valence-corrected chi connectivity index (χ2v) is 3.30. The van der Waals surface area contributed by atoms with Crippen LogP contribution in [0.5, 0.6) is 11.9 Å². The lowest BCUT2D eigenvalue weighted by Crippen LogP contribution is -2.25. The number of hydrogen-bond donors (Lipinski definition) is 1. The standard InChI is InChI=1S/C10H15N3O2/c1-3-15-10-12-8-6-11-5-4-7(8)9(13-10)14-2/h11H,3-6H2,1-2H3. The van der Waals surface area contributed by atoms with Crippen molar-refractivity contribution in [2.75, 3.05) is 20.3 Å². The molecular weight excluding hydrogens is 194 g/mol. The van der Waals surface area contributed by atoms with Gasteiger partial charge in [-0.15, -0.1) is 0 Å². The average molecular weight is 209 g/mol. The van der Waals surface area contributed by atoms with Gasteiger partial charge in [0.2, 0.25) is 5.88 Å². The highest BCUT2D eigenvalue weighted by Crippen LogP contribution is 2.24. The summed E-state index contributed by atoms with van der Waals surface area (Å²) >= 11 is 0. The van der Waals surface area contributed by atoms with Crippen LogP contribution in [0.25, 0.3) is 0 Å². The number of rotatable bonds is 3. The Balaban J connectivity index is 2.38. The molecule has 1 aliphatic heterocycles. The van der Waals surface area contributed by atoms with Gasteiger partial charge in [0, 0.05) is 12.1 Å². The molecule has 0 bridgehead atoms. The van der Waals surface area contributed by atoms with E-state index in [0.29, 0.717) is 18.5 Å². The number of aromatic nitrogens is 2. The summed E-state index contributed by atoms with van der Waals surface area (Å²) in [5.41, 5.74) is 2.08. The Labute approximate surface area is 88.8 Å². The zero-order valence-corrected chi connectivity index (χ0v) is 9.04. The van der Waals surface area contributed by atoms with E-state index in [1.807, 2.05) is 6.92 Å². The molecule has 0 atom stereocenters. The van der Waals surface area contributed by atoms with Crippen molar-refractivity contribution in [3.05, 3.63) is 11.3 Å². The van der Waals surface area contributed by atoms with Crippen molar-refractivity contribution in [3.63, 3.8) is 0 Å². The van der Waals surface area contributed by atoms with Gasteiger partial charge in [-0.05, 0) is 19.9 Å². The molecule has 15 heavy (non-hydrogen) atoms. The zero-order chi connectivity index (χ0) is 10.7. The van der Waals surface area contributed by atoms with E-state index in [-0.39, 0.29) is 0 Å². The summed E-state index contributed by atoms with van der Waals surface area (Å²) in [5, 5.41) is 3.26. The molecule has 1 aliphatic rings. The van der Waals surface area contributed by atoms with Crippen LogP contribution in [0.4, 0.5) is 0 Å². The van der Waals surface area contributed by atoms with Crippen molar-refractivity contribution in [1.82, 2.24) is 15.3 Å². The largest absolute Gasteiger partial charge is 0.481 e. The summed E-state index contributed by atoms with van der Waals surface area (Å²) in [5.74, 6) is 0.643. The number of ether oxygens (including phenoxy) is 2. The average Bonchev–Trinajstić information content (AvgIpc) is 2.28. The van der Waals surface area contributed by atoms with E-state index in [4.69, 9.17) is 9.47 Å². The molecular formula is C10H15N3O2. The Kier molecular flexibility index (Phi) is 3.01. The first-order valence-corrected chi connectivity index (χ1v) is 5.12. The van der Waals surface area contributed by atoms with Crippen molar-refractivity contribution >= 4 is 0 Å². The molecule has 2 rings (SSSR count). The van der Waals surface area contributed by atoms with Gasteiger partial charge in [-0.25, -0.2) is 0 Å². The van der Waals surface area contributed by atoms with Crippen LogP contribution >= 0.6 is 0 Å². The van der Waals surface area contributed by atoms with Gasteiger partial charge in [0.15, 0.2) is 0 Å². The van der Waals surface area contributed by atoms with Gasteiger partial charge in [-0.3, -0.25) is 0 Å². The van der Waals surface area contributed by atoms with E-state index in [0.717, 1.165) is 30.8 Å². The Morgan fingerprint density at radius 1 is 1.40 bits per heavy atom. The smallest absolute Gasteiger partial charge is 0.319 e. The van der Waals surface area contributed by atoms with Crippen molar-refractivity contribution < 1.29 is 9.47 Å². The quantitative estimate of drug-likeness (QED) is 0.787. The molecule has 0 radical (unpaired) electrons. The number of fused-ring (bicyclic) bond motifs is 1. The molecule has 82 valence electrons. The summed E-state index contributed by atoms with van der Waals surface area (Å²) in [6, 6.07) is 0.400. The van der Waals surface area contributed by atoms with Crippen LogP contribution in [0.1, 0.15) is 18.2 Å². The third kappa shape index (κ3) is 2.02. The molecule has 5 nitrogen and oxygen atoms in total. The van der Waals surface area contributed by atoms with Crippen molar-refractivity contribution in [3.8, 4) is 11.9 Å². The Morgan fingerprint density at radius 3 is 3.00 bits per heavy atom. The zero-order valence-electron chi connectivity index (χ0n) is 9.04. The Hall–Kier alpha value is -1.36. The van der Waals surface area contributed by atoms with Gasteiger partial charge < -0.3 is 14.8 Å². The van der Waals surface area contributed by atoms with Gasteiger partial charge in [0.05, 0.1) is 19.4 Å². The minimum atomic E-state index is 0.400. The summed E-state index contributed by atoms with van der Waals surface area (Å²) in [6.45, 7) is 4.18. The van der Waals surface area contributed by atoms with Crippen molar-refractivity contribution in [1.29, 1.82) is 0 Å². The van der Waals surface area contributed by atoms with Crippen LogP contribution in [0.2, 0.25) is 0 Å². The fourth-order valence-electron chi connectivity index (χ4n) is 1.67. The predicted octanol–water partition coefficient (Wildman–Crippen LogP) is 0.530. The van der Waals surface area contributed by atoms with E-state index in [1.54, 1.807) is 7.11 Å². The van der Waals surface area contributed by atoms with Crippen LogP contribution in [-0.4, -0.2) is 30.2 Å². The molecule has 1 aromatic rings. The lowest BCUT2D eigenvalue weighted by molar-refractivity contribution is 0.297. The fraction of sp³-hybridized carbons (Fsp3) is 0.600. The van der Waals surface area contributed by atoms with E-state index in [9.17, 15) is 0 Å². The summed E-state index contributed by atoms with van der Waals surface area (Å²) in [6.07, 6.45) is 0.908. The molecule has 0 fully saturated rings. The Morgan fingerprint density at radius 2 is 2.27 bits per heavy atom. The molecule has 0 saturated carbocycles. The molecule has 0 amide bonds. The summed E-state index contributed by atoms with van der Waals surface area (Å²) < 4.78 is 10.5. The SMILES string of the molecule is CCOc1nc2c(c(OC)n1)CCNC2. The Bertz CT molecular complexity index is 338. The minimum Gasteiger partial charge on any atom is -0.481 e. The van der Waals surface area contributed by atoms with Gasteiger partial charge in [-0.1, -0.05) is 0 Å². The first kappa shape index (κ1) is 10.2. The number of methoxy groups -OCH3 is 1. The molecule has 2 heterocycles. The van der Waals surface area contributed by atoms with Crippen LogP contribution in [0, 0.1) is 0 Å². The summed E-state index contributed by atoms with van der Waals surface area (Å²) in [4.78, 5) is 8.55. The van der Waals surface area contributed by atoms with Gasteiger partial charge >= 0.3 is 6.01 Å². The second-order valence-electron chi connectivity index (χ2n) is 3.30.